The third-order valence-electron chi connectivity index (χ3n) is 2.53. The van der Waals surface area contributed by atoms with Crippen LogP contribution in [-0.4, -0.2) is 40.8 Å². The second-order valence-corrected chi connectivity index (χ2v) is 5.15. The molecule has 2 N–H and O–H groups in total. The maximum Gasteiger partial charge on any atom is 0.323 e. The maximum atomic E-state index is 12.0. The third kappa shape index (κ3) is 4.82. The zero-order chi connectivity index (χ0) is 14.4. The van der Waals surface area contributed by atoms with E-state index in [9.17, 15) is 9.59 Å². The van der Waals surface area contributed by atoms with E-state index in [2.05, 4.69) is 5.32 Å². The molecule has 0 saturated carbocycles. The number of anilines is 1. The first-order valence-electron chi connectivity index (χ1n) is 5.87. The number of amides is 2. The van der Waals surface area contributed by atoms with Crippen molar-refractivity contribution in [1.29, 1.82) is 0 Å². The lowest BCUT2D eigenvalue weighted by molar-refractivity contribution is -0.137. The van der Waals surface area contributed by atoms with Crippen molar-refractivity contribution in [2.45, 2.75) is 24.8 Å². The normalized spacial score (nSPS) is 10.3. The van der Waals surface area contributed by atoms with Gasteiger partial charge in [0, 0.05) is 16.6 Å². The van der Waals surface area contributed by atoms with Crippen LogP contribution in [0.3, 0.4) is 0 Å². The Morgan fingerprint density at radius 3 is 2.32 bits per heavy atom. The van der Waals surface area contributed by atoms with Gasteiger partial charge in [0.05, 0.1) is 0 Å². The largest absolute Gasteiger partial charge is 0.480 e. The molecule has 0 unspecified atom stereocenters. The van der Waals surface area contributed by atoms with Crippen LogP contribution in [0.4, 0.5) is 10.5 Å². The summed E-state index contributed by atoms with van der Waals surface area (Å²) in [5.41, 5.74) is 0.652. The highest BCUT2D eigenvalue weighted by Gasteiger charge is 2.19. The summed E-state index contributed by atoms with van der Waals surface area (Å²) < 4.78 is 0. The zero-order valence-electron chi connectivity index (χ0n) is 11.2. The highest BCUT2D eigenvalue weighted by atomic mass is 32.2. The molecule has 0 bridgehead atoms. The Labute approximate surface area is 117 Å². The molecule has 2 amide bonds. The van der Waals surface area contributed by atoms with Crippen LogP contribution in [0.2, 0.25) is 0 Å². The standard InChI is InChI=1S/C13H18N2O3S/c1-9(2)15(8-12(16)17)13(18)14-10-4-6-11(19-3)7-5-10/h4-7,9H,8H2,1-3H3,(H,14,18)(H,16,17). The van der Waals surface area contributed by atoms with Crippen molar-refractivity contribution in [3.8, 4) is 0 Å². The number of benzene rings is 1. The van der Waals surface area contributed by atoms with Gasteiger partial charge in [-0.15, -0.1) is 11.8 Å². The first kappa shape index (κ1) is 15.4. The molecule has 0 aromatic heterocycles. The predicted octanol–water partition coefficient (Wildman–Crippen LogP) is 2.74. The van der Waals surface area contributed by atoms with E-state index in [0.29, 0.717) is 5.69 Å². The van der Waals surface area contributed by atoms with Crippen molar-refractivity contribution in [2.75, 3.05) is 18.1 Å². The van der Waals surface area contributed by atoms with Gasteiger partial charge in [-0.1, -0.05) is 0 Å². The molecule has 1 rings (SSSR count). The monoisotopic (exact) mass is 282 g/mol. The highest BCUT2D eigenvalue weighted by Crippen LogP contribution is 2.17. The molecule has 0 saturated heterocycles. The molecule has 5 nitrogen and oxygen atoms in total. The van der Waals surface area contributed by atoms with Crippen LogP contribution in [0.15, 0.2) is 29.2 Å². The summed E-state index contributed by atoms with van der Waals surface area (Å²) in [7, 11) is 0. The Kier molecular flexibility index (Phi) is 5.69. The number of hydrogen-bond donors (Lipinski definition) is 2. The lowest BCUT2D eigenvalue weighted by Gasteiger charge is -2.25. The predicted molar refractivity (Wildman–Crippen MR) is 76.7 cm³/mol. The Balaban J connectivity index is 2.72. The summed E-state index contributed by atoms with van der Waals surface area (Å²) >= 11 is 1.62. The molecule has 104 valence electrons. The van der Waals surface area contributed by atoms with Crippen LogP contribution < -0.4 is 5.32 Å². The van der Waals surface area contributed by atoms with Gasteiger partial charge in [-0.25, -0.2) is 4.79 Å². The quantitative estimate of drug-likeness (QED) is 0.815. The van der Waals surface area contributed by atoms with E-state index in [1.54, 1.807) is 37.7 Å². The van der Waals surface area contributed by atoms with Crippen molar-refractivity contribution in [1.82, 2.24) is 4.90 Å². The smallest absolute Gasteiger partial charge is 0.323 e. The minimum atomic E-state index is -1.03. The number of carbonyl (C=O) groups excluding carboxylic acids is 1. The Hall–Kier alpha value is -1.69. The number of nitrogens with zero attached hydrogens (tertiary/aromatic N) is 1. The second kappa shape index (κ2) is 7.04. The van der Waals surface area contributed by atoms with Crippen molar-refractivity contribution in [3.05, 3.63) is 24.3 Å². The van der Waals surface area contributed by atoms with Gasteiger partial charge in [-0.05, 0) is 44.4 Å². The minimum Gasteiger partial charge on any atom is -0.480 e. The van der Waals surface area contributed by atoms with Gasteiger partial charge in [0.15, 0.2) is 0 Å². The minimum absolute atomic E-state index is 0.179. The van der Waals surface area contributed by atoms with E-state index in [0.717, 1.165) is 4.90 Å². The number of carboxylic acids is 1. The van der Waals surface area contributed by atoms with E-state index in [1.807, 2.05) is 18.4 Å². The lowest BCUT2D eigenvalue weighted by atomic mass is 10.3. The number of carboxylic acid groups (broad SMARTS) is 1. The van der Waals surface area contributed by atoms with Gasteiger partial charge in [-0.3, -0.25) is 4.79 Å². The summed E-state index contributed by atoms with van der Waals surface area (Å²) in [6, 6.07) is 6.80. The zero-order valence-corrected chi connectivity index (χ0v) is 12.0. The second-order valence-electron chi connectivity index (χ2n) is 4.27. The van der Waals surface area contributed by atoms with Gasteiger partial charge >= 0.3 is 12.0 Å². The lowest BCUT2D eigenvalue weighted by Crippen LogP contribution is -2.43. The Morgan fingerprint density at radius 2 is 1.89 bits per heavy atom. The average Bonchev–Trinajstić information content (AvgIpc) is 2.36. The summed E-state index contributed by atoms with van der Waals surface area (Å²) in [5.74, 6) is -1.03. The molecule has 0 aliphatic carbocycles. The molecule has 0 aliphatic rings. The number of thioether (sulfide) groups is 1. The van der Waals surface area contributed by atoms with Gasteiger partial charge in [0.1, 0.15) is 6.54 Å². The van der Waals surface area contributed by atoms with E-state index in [1.165, 1.54) is 4.90 Å². The molecule has 1 aromatic carbocycles. The van der Waals surface area contributed by atoms with Crippen molar-refractivity contribution in [2.24, 2.45) is 0 Å². The van der Waals surface area contributed by atoms with E-state index in [4.69, 9.17) is 5.11 Å². The van der Waals surface area contributed by atoms with Crippen LogP contribution in [0.5, 0.6) is 0 Å². The number of aliphatic carboxylic acids is 1. The molecule has 0 fully saturated rings. The topological polar surface area (TPSA) is 69.6 Å². The van der Waals surface area contributed by atoms with Crippen LogP contribution in [0.25, 0.3) is 0 Å². The van der Waals surface area contributed by atoms with E-state index < -0.39 is 12.0 Å². The number of urea groups is 1. The van der Waals surface area contributed by atoms with Crippen LogP contribution >= 0.6 is 11.8 Å². The van der Waals surface area contributed by atoms with Crippen LogP contribution in [0, 0.1) is 0 Å². The fourth-order valence-corrected chi connectivity index (χ4v) is 1.91. The first-order valence-corrected chi connectivity index (χ1v) is 7.10. The summed E-state index contributed by atoms with van der Waals surface area (Å²) in [5, 5.41) is 11.5. The maximum absolute atomic E-state index is 12.0. The van der Waals surface area contributed by atoms with Crippen molar-refractivity contribution < 1.29 is 14.7 Å². The number of hydrogen-bond acceptors (Lipinski definition) is 3. The van der Waals surface area contributed by atoms with Gasteiger partial charge in [-0.2, -0.15) is 0 Å². The molecule has 6 heteroatoms. The summed E-state index contributed by atoms with van der Waals surface area (Å²) in [4.78, 5) is 25.1. The number of nitrogens with one attached hydrogen (secondary N) is 1. The summed E-state index contributed by atoms with van der Waals surface area (Å²) in [6.45, 7) is 3.24. The van der Waals surface area contributed by atoms with Crippen LogP contribution in [-0.2, 0) is 4.79 Å². The molecule has 19 heavy (non-hydrogen) atoms. The average molecular weight is 282 g/mol. The Morgan fingerprint density at radius 1 is 1.32 bits per heavy atom. The first-order chi connectivity index (χ1) is 8.93. The summed E-state index contributed by atoms with van der Waals surface area (Å²) in [6.07, 6.45) is 1.97. The molecule has 0 atom stereocenters. The molecule has 0 aliphatic heterocycles. The van der Waals surface area contributed by atoms with Gasteiger partial charge < -0.3 is 15.3 Å². The molecule has 1 aromatic rings. The number of carbonyl (C=O) groups is 2. The highest BCUT2D eigenvalue weighted by molar-refractivity contribution is 7.98. The third-order valence-corrected chi connectivity index (χ3v) is 3.27. The fraction of sp³-hybridized carbons (Fsp3) is 0.385. The van der Waals surface area contributed by atoms with Gasteiger partial charge in [0.25, 0.3) is 0 Å². The van der Waals surface area contributed by atoms with Crippen LogP contribution in [0.1, 0.15) is 13.8 Å². The molecule has 0 heterocycles. The SMILES string of the molecule is CSc1ccc(NC(=O)N(CC(=O)O)C(C)C)cc1. The number of rotatable bonds is 5. The fourth-order valence-electron chi connectivity index (χ4n) is 1.50. The van der Waals surface area contributed by atoms with E-state index >= 15 is 0 Å². The van der Waals surface area contributed by atoms with Crippen molar-refractivity contribution >= 4 is 29.4 Å². The molecule has 0 radical (unpaired) electrons. The molecular weight excluding hydrogens is 264 g/mol. The van der Waals surface area contributed by atoms with E-state index in [-0.39, 0.29) is 12.6 Å². The van der Waals surface area contributed by atoms with Crippen molar-refractivity contribution in [3.63, 3.8) is 0 Å². The molecular formula is C13H18N2O3S. The van der Waals surface area contributed by atoms with Gasteiger partial charge in [0.2, 0.25) is 0 Å². The molecule has 0 spiro atoms. The Bertz CT molecular complexity index is 446.